The molecule has 0 aliphatic rings. The normalized spacial score (nSPS) is 17.3. The van der Waals surface area contributed by atoms with E-state index in [1.54, 1.807) is 0 Å². The molecular formula is C16H33NO2S. The number of rotatable bonds is 11. The van der Waals surface area contributed by atoms with E-state index in [0.717, 1.165) is 31.1 Å². The lowest BCUT2D eigenvalue weighted by Crippen LogP contribution is -2.52. The predicted molar refractivity (Wildman–Crippen MR) is 89.3 cm³/mol. The molecule has 3 atom stereocenters. The largest absolute Gasteiger partial charge is 0.465 e. The fourth-order valence-electron chi connectivity index (χ4n) is 2.00. The topological polar surface area (TPSA) is 38.3 Å². The first kappa shape index (κ1) is 19.8. The maximum Gasteiger partial charge on any atom is 0.326 e. The van der Waals surface area contributed by atoms with Crippen LogP contribution in [0.25, 0.3) is 0 Å². The van der Waals surface area contributed by atoms with Gasteiger partial charge in [-0.05, 0) is 44.9 Å². The lowest BCUT2D eigenvalue weighted by molar-refractivity contribution is -0.150. The summed E-state index contributed by atoms with van der Waals surface area (Å²) in [4.78, 5) is 12.2. The van der Waals surface area contributed by atoms with Crippen molar-refractivity contribution in [3.05, 3.63) is 0 Å². The van der Waals surface area contributed by atoms with Gasteiger partial charge in [0, 0.05) is 5.25 Å². The molecule has 0 fully saturated rings. The molecule has 4 heteroatoms. The molecule has 0 rings (SSSR count). The highest BCUT2D eigenvalue weighted by atomic mass is 32.2. The first-order chi connectivity index (χ1) is 9.39. The number of nitrogens with one attached hydrogen (secondary N) is 1. The zero-order chi connectivity index (χ0) is 15.6. The molecule has 120 valence electrons. The Bertz CT molecular complexity index is 273. The molecule has 0 bridgehead atoms. The number of hydrogen-bond acceptors (Lipinski definition) is 4. The molecule has 0 aliphatic heterocycles. The number of carbonyl (C=O) groups excluding carboxylic acids is 1. The second kappa shape index (κ2) is 10.5. The van der Waals surface area contributed by atoms with Crippen molar-refractivity contribution in [3.8, 4) is 0 Å². The average Bonchev–Trinajstić information content (AvgIpc) is 2.42. The van der Waals surface area contributed by atoms with E-state index in [2.05, 4.69) is 33.0 Å². The highest BCUT2D eigenvalue weighted by molar-refractivity contribution is 7.99. The molecule has 0 saturated heterocycles. The molecule has 0 spiro atoms. The number of ether oxygens (including phenoxy) is 1. The third kappa shape index (κ3) is 7.53. The minimum absolute atomic E-state index is 0.121. The maximum atomic E-state index is 12.2. The summed E-state index contributed by atoms with van der Waals surface area (Å²) in [5.41, 5.74) is -0.562. The number of carbonyl (C=O) groups is 1. The van der Waals surface area contributed by atoms with Gasteiger partial charge in [-0.1, -0.05) is 34.1 Å². The first-order valence-electron chi connectivity index (χ1n) is 7.93. The van der Waals surface area contributed by atoms with Crippen LogP contribution in [0.5, 0.6) is 0 Å². The van der Waals surface area contributed by atoms with Crippen LogP contribution in [-0.2, 0) is 9.53 Å². The second-order valence-corrected chi connectivity index (χ2v) is 7.31. The van der Waals surface area contributed by atoms with Gasteiger partial charge in [-0.3, -0.25) is 4.79 Å². The van der Waals surface area contributed by atoms with E-state index in [0.29, 0.717) is 11.9 Å². The zero-order valence-electron chi connectivity index (χ0n) is 14.1. The molecule has 0 amide bonds. The van der Waals surface area contributed by atoms with Crippen molar-refractivity contribution in [1.29, 1.82) is 0 Å². The lowest BCUT2D eigenvalue weighted by Gasteiger charge is -2.31. The third-order valence-electron chi connectivity index (χ3n) is 3.55. The Balaban J connectivity index is 4.50. The monoisotopic (exact) mass is 303 g/mol. The Morgan fingerprint density at radius 1 is 1.30 bits per heavy atom. The van der Waals surface area contributed by atoms with Crippen molar-refractivity contribution < 1.29 is 9.53 Å². The summed E-state index contributed by atoms with van der Waals surface area (Å²) in [6.45, 7) is 13.9. The van der Waals surface area contributed by atoms with Gasteiger partial charge in [-0.15, -0.1) is 0 Å². The molecule has 0 aromatic carbocycles. The third-order valence-corrected chi connectivity index (χ3v) is 5.05. The second-order valence-electron chi connectivity index (χ2n) is 5.84. The number of thioether (sulfide) groups is 1. The summed E-state index contributed by atoms with van der Waals surface area (Å²) in [6, 6.07) is 0. The van der Waals surface area contributed by atoms with Crippen LogP contribution in [-0.4, -0.2) is 35.7 Å². The van der Waals surface area contributed by atoms with Crippen LogP contribution >= 0.6 is 11.8 Å². The van der Waals surface area contributed by atoms with Crippen LogP contribution < -0.4 is 5.32 Å². The molecule has 0 radical (unpaired) electrons. The molecule has 0 aromatic rings. The minimum atomic E-state index is -0.562. The van der Waals surface area contributed by atoms with Gasteiger partial charge in [0.2, 0.25) is 0 Å². The quantitative estimate of drug-likeness (QED) is 0.588. The highest BCUT2D eigenvalue weighted by Crippen LogP contribution is 2.25. The van der Waals surface area contributed by atoms with Crippen LogP contribution in [0.2, 0.25) is 0 Å². The van der Waals surface area contributed by atoms with Crippen LogP contribution in [0, 0.1) is 5.92 Å². The summed E-state index contributed by atoms with van der Waals surface area (Å²) in [5.74, 6) is 1.77. The van der Waals surface area contributed by atoms with Gasteiger partial charge in [0.05, 0.1) is 6.61 Å². The van der Waals surface area contributed by atoms with Crippen molar-refractivity contribution in [1.82, 2.24) is 5.32 Å². The van der Waals surface area contributed by atoms with E-state index >= 15 is 0 Å². The zero-order valence-corrected chi connectivity index (χ0v) is 14.9. The van der Waals surface area contributed by atoms with Crippen LogP contribution in [0.3, 0.4) is 0 Å². The van der Waals surface area contributed by atoms with Crippen molar-refractivity contribution in [2.45, 2.75) is 71.6 Å². The van der Waals surface area contributed by atoms with Crippen molar-refractivity contribution in [2.75, 3.05) is 18.9 Å². The molecule has 3 nitrogen and oxygen atoms in total. The Kier molecular flexibility index (Phi) is 10.4. The van der Waals surface area contributed by atoms with Gasteiger partial charge >= 0.3 is 5.97 Å². The summed E-state index contributed by atoms with van der Waals surface area (Å²) in [5, 5.41) is 3.82. The predicted octanol–water partition coefficient (Wildman–Crippen LogP) is 3.87. The van der Waals surface area contributed by atoms with Crippen molar-refractivity contribution in [2.24, 2.45) is 5.92 Å². The van der Waals surface area contributed by atoms with E-state index in [9.17, 15) is 4.79 Å². The Morgan fingerprint density at radius 3 is 2.45 bits per heavy atom. The van der Waals surface area contributed by atoms with E-state index < -0.39 is 5.54 Å². The van der Waals surface area contributed by atoms with Gasteiger partial charge in [0.15, 0.2) is 0 Å². The van der Waals surface area contributed by atoms with Crippen molar-refractivity contribution in [3.63, 3.8) is 0 Å². The number of esters is 1. The van der Waals surface area contributed by atoms with Gasteiger partial charge in [0.1, 0.15) is 5.54 Å². The summed E-state index contributed by atoms with van der Waals surface area (Å²) in [6.07, 6.45) is 3.04. The van der Waals surface area contributed by atoms with Crippen LogP contribution in [0.1, 0.15) is 60.8 Å². The summed E-state index contributed by atoms with van der Waals surface area (Å²) >= 11 is 1.96. The number of hydrogen-bond donors (Lipinski definition) is 1. The fourth-order valence-corrected chi connectivity index (χ4v) is 3.34. The summed E-state index contributed by atoms with van der Waals surface area (Å²) < 4.78 is 5.24. The van der Waals surface area contributed by atoms with E-state index in [1.165, 1.54) is 6.42 Å². The van der Waals surface area contributed by atoms with Gasteiger partial charge in [-0.2, -0.15) is 11.8 Å². The minimum Gasteiger partial charge on any atom is -0.465 e. The Labute approximate surface area is 129 Å². The molecule has 0 saturated carbocycles. The van der Waals surface area contributed by atoms with Gasteiger partial charge in [-0.25, -0.2) is 0 Å². The van der Waals surface area contributed by atoms with E-state index in [1.807, 2.05) is 25.6 Å². The molecular weight excluding hydrogens is 270 g/mol. The molecule has 3 unspecified atom stereocenters. The molecule has 1 N–H and O–H groups in total. The van der Waals surface area contributed by atoms with Gasteiger partial charge in [0.25, 0.3) is 0 Å². The van der Waals surface area contributed by atoms with Gasteiger partial charge < -0.3 is 10.1 Å². The molecule has 0 heterocycles. The van der Waals surface area contributed by atoms with E-state index in [4.69, 9.17) is 4.74 Å². The fraction of sp³-hybridized carbons (Fsp3) is 0.938. The van der Waals surface area contributed by atoms with Crippen LogP contribution in [0.4, 0.5) is 0 Å². The Morgan fingerprint density at radius 2 is 1.95 bits per heavy atom. The maximum absolute atomic E-state index is 12.2. The first-order valence-corrected chi connectivity index (χ1v) is 8.98. The SMILES string of the molecule is CCCNC(C)(CC(C)SCC(C)CC)C(=O)OCC. The van der Waals surface area contributed by atoms with Crippen LogP contribution in [0.15, 0.2) is 0 Å². The molecule has 0 aliphatic carbocycles. The van der Waals surface area contributed by atoms with Crippen molar-refractivity contribution >= 4 is 17.7 Å². The lowest BCUT2D eigenvalue weighted by atomic mass is 9.96. The smallest absolute Gasteiger partial charge is 0.326 e. The van der Waals surface area contributed by atoms with E-state index in [-0.39, 0.29) is 5.97 Å². The molecule has 0 aromatic heterocycles. The average molecular weight is 304 g/mol. The highest BCUT2D eigenvalue weighted by Gasteiger charge is 2.35. The standard InChI is InChI=1S/C16H33NO2S/c1-7-10-17-16(6,15(18)19-9-3)11-14(5)20-12-13(4)8-2/h13-14,17H,7-12H2,1-6H3. The Hall–Kier alpha value is -0.220. The molecule has 20 heavy (non-hydrogen) atoms. The summed E-state index contributed by atoms with van der Waals surface area (Å²) in [7, 11) is 0.